The molecule has 1 amide bonds. The molecule has 0 spiro atoms. The highest BCUT2D eigenvalue weighted by Gasteiger charge is 2.25. The zero-order valence-corrected chi connectivity index (χ0v) is 11.0. The van der Waals surface area contributed by atoms with Crippen molar-refractivity contribution in [3.63, 3.8) is 0 Å². The fourth-order valence-corrected chi connectivity index (χ4v) is 3.08. The van der Waals surface area contributed by atoms with Crippen LogP contribution in [0.4, 0.5) is 0 Å². The van der Waals surface area contributed by atoms with E-state index in [0.717, 1.165) is 23.6 Å². The predicted molar refractivity (Wildman–Crippen MR) is 70.7 cm³/mol. The van der Waals surface area contributed by atoms with Crippen LogP contribution in [0.2, 0.25) is 0 Å². The molecule has 0 radical (unpaired) electrons. The Morgan fingerprint density at radius 1 is 1.53 bits per heavy atom. The molecule has 17 heavy (non-hydrogen) atoms. The topological polar surface area (TPSA) is 40.5 Å². The highest BCUT2D eigenvalue weighted by molar-refractivity contribution is 7.99. The second-order valence-electron chi connectivity index (χ2n) is 4.42. The molecule has 1 saturated heterocycles. The first-order valence-electron chi connectivity index (χ1n) is 5.78. The standard InChI is InChI=1S/C13H17NO2S/c1-9-7-11(15)3-4-12(9)13(16)14-5-6-17-8-10(14)2/h3-4,7,10,15H,5-6,8H2,1-2H3. The van der Waals surface area contributed by atoms with E-state index in [9.17, 15) is 9.90 Å². The molecular formula is C13H17NO2S. The van der Waals surface area contributed by atoms with Crippen molar-refractivity contribution in [3.05, 3.63) is 29.3 Å². The first kappa shape index (κ1) is 12.3. The number of aryl methyl sites for hydroxylation is 1. The van der Waals surface area contributed by atoms with E-state index in [0.29, 0.717) is 5.56 Å². The summed E-state index contributed by atoms with van der Waals surface area (Å²) in [7, 11) is 0. The van der Waals surface area contributed by atoms with Gasteiger partial charge in [-0.1, -0.05) is 0 Å². The first-order valence-corrected chi connectivity index (χ1v) is 6.93. The number of amides is 1. The minimum atomic E-state index is 0.0790. The minimum Gasteiger partial charge on any atom is -0.508 e. The molecular weight excluding hydrogens is 234 g/mol. The third-order valence-corrected chi connectivity index (χ3v) is 4.26. The lowest BCUT2D eigenvalue weighted by atomic mass is 10.1. The van der Waals surface area contributed by atoms with Gasteiger partial charge in [0.2, 0.25) is 0 Å². The second-order valence-corrected chi connectivity index (χ2v) is 5.57. The van der Waals surface area contributed by atoms with E-state index < -0.39 is 0 Å². The average molecular weight is 251 g/mol. The van der Waals surface area contributed by atoms with E-state index >= 15 is 0 Å². The number of phenols is 1. The molecule has 1 atom stereocenters. The number of carbonyl (C=O) groups excluding carboxylic acids is 1. The maximum atomic E-state index is 12.4. The lowest BCUT2D eigenvalue weighted by Crippen LogP contribution is -2.44. The number of nitrogens with zero attached hydrogens (tertiary/aromatic N) is 1. The largest absolute Gasteiger partial charge is 0.508 e. The molecule has 1 aromatic rings. The van der Waals surface area contributed by atoms with Crippen LogP contribution in [0.5, 0.6) is 5.75 Å². The molecule has 1 aliphatic heterocycles. The van der Waals surface area contributed by atoms with Gasteiger partial charge in [0.1, 0.15) is 5.75 Å². The van der Waals surface area contributed by atoms with E-state index in [4.69, 9.17) is 0 Å². The molecule has 4 heteroatoms. The SMILES string of the molecule is Cc1cc(O)ccc1C(=O)N1CCSCC1C. The quantitative estimate of drug-likeness (QED) is 0.832. The van der Waals surface area contributed by atoms with Crippen molar-refractivity contribution in [3.8, 4) is 5.75 Å². The van der Waals surface area contributed by atoms with Crippen LogP contribution in [-0.4, -0.2) is 40.0 Å². The molecule has 0 saturated carbocycles. The van der Waals surface area contributed by atoms with Gasteiger partial charge in [0.05, 0.1) is 0 Å². The van der Waals surface area contributed by atoms with E-state index in [-0.39, 0.29) is 17.7 Å². The van der Waals surface area contributed by atoms with Crippen molar-refractivity contribution in [2.24, 2.45) is 0 Å². The van der Waals surface area contributed by atoms with E-state index in [1.54, 1.807) is 18.2 Å². The zero-order chi connectivity index (χ0) is 12.4. The normalized spacial score (nSPS) is 20.4. The molecule has 92 valence electrons. The average Bonchev–Trinajstić information content (AvgIpc) is 2.29. The molecule has 1 N–H and O–H groups in total. The van der Waals surface area contributed by atoms with Crippen LogP contribution in [0.3, 0.4) is 0 Å². The van der Waals surface area contributed by atoms with E-state index in [1.807, 2.05) is 23.6 Å². The molecule has 1 fully saturated rings. The van der Waals surface area contributed by atoms with Gasteiger partial charge in [-0.15, -0.1) is 0 Å². The van der Waals surface area contributed by atoms with Gasteiger partial charge < -0.3 is 10.0 Å². The molecule has 1 aliphatic rings. The van der Waals surface area contributed by atoms with Gasteiger partial charge in [0, 0.05) is 29.7 Å². The number of phenolic OH excluding ortho intramolecular Hbond substituents is 1. The molecule has 0 aliphatic carbocycles. The highest BCUT2D eigenvalue weighted by atomic mass is 32.2. The Hall–Kier alpha value is -1.16. The van der Waals surface area contributed by atoms with Gasteiger partial charge in [-0.25, -0.2) is 0 Å². The Bertz CT molecular complexity index is 433. The summed E-state index contributed by atoms with van der Waals surface area (Å²) in [6.07, 6.45) is 0. The Labute approximate surface area is 106 Å². The minimum absolute atomic E-state index is 0.0790. The van der Waals surface area contributed by atoms with Crippen molar-refractivity contribution >= 4 is 17.7 Å². The Balaban J connectivity index is 2.24. The third kappa shape index (κ3) is 2.57. The lowest BCUT2D eigenvalue weighted by Gasteiger charge is -2.33. The summed E-state index contributed by atoms with van der Waals surface area (Å²) < 4.78 is 0. The smallest absolute Gasteiger partial charge is 0.254 e. The van der Waals surface area contributed by atoms with Crippen LogP contribution in [0.15, 0.2) is 18.2 Å². The Kier molecular flexibility index (Phi) is 3.62. The van der Waals surface area contributed by atoms with Gasteiger partial charge >= 0.3 is 0 Å². The Morgan fingerprint density at radius 2 is 2.29 bits per heavy atom. The summed E-state index contributed by atoms with van der Waals surface area (Å²) in [5.74, 6) is 2.30. The highest BCUT2D eigenvalue weighted by Crippen LogP contribution is 2.22. The number of thioether (sulfide) groups is 1. The summed E-state index contributed by atoms with van der Waals surface area (Å²) in [5.41, 5.74) is 1.53. The lowest BCUT2D eigenvalue weighted by molar-refractivity contribution is 0.0715. The predicted octanol–water partition coefficient (Wildman–Crippen LogP) is 2.28. The van der Waals surface area contributed by atoms with Gasteiger partial charge in [0.15, 0.2) is 0 Å². The number of benzene rings is 1. The number of hydrogen-bond acceptors (Lipinski definition) is 3. The van der Waals surface area contributed by atoms with Crippen molar-refractivity contribution in [2.75, 3.05) is 18.1 Å². The summed E-state index contributed by atoms with van der Waals surface area (Å²) in [4.78, 5) is 14.3. The van der Waals surface area contributed by atoms with Crippen LogP contribution in [0.1, 0.15) is 22.8 Å². The van der Waals surface area contributed by atoms with Crippen LogP contribution >= 0.6 is 11.8 Å². The van der Waals surface area contributed by atoms with Crippen molar-refractivity contribution < 1.29 is 9.90 Å². The fourth-order valence-electron chi connectivity index (χ4n) is 2.07. The van der Waals surface area contributed by atoms with Crippen LogP contribution < -0.4 is 0 Å². The summed E-state index contributed by atoms with van der Waals surface area (Å²) >= 11 is 1.89. The molecule has 1 heterocycles. The number of carbonyl (C=O) groups is 1. The monoisotopic (exact) mass is 251 g/mol. The van der Waals surface area contributed by atoms with Gasteiger partial charge in [-0.3, -0.25) is 4.79 Å². The summed E-state index contributed by atoms with van der Waals surface area (Å²) in [6.45, 7) is 4.75. The third-order valence-electron chi connectivity index (χ3n) is 3.07. The van der Waals surface area contributed by atoms with Crippen molar-refractivity contribution in [1.29, 1.82) is 0 Å². The molecule has 2 rings (SSSR count). The molecule has 0 aromatic heterocycles. The van der Waals surface area contributed by atoms with Gasteiger partial charge in [0.25, 0.3) is 5.91 Å². The maximum absolute atomic E-state index is 12.4. The van der Waals surface area contributed by atoms with Gasteiger partial charge in [-0.2, -0.15) is 11.8 Å². The number of hydrogen-bond donors (Lipinski definition) is 1. The first-order chi connectivity index (χ1) is 8.09. The fraction of sp³-hybridized carbons (Fsp3) is 0.462. The maximum Gasteiger partial charge on any atom is 0.254 e. The van der Waals surface area contributed by atoms with Crippen molar-refractivity contribution in [1.82, 2.24) is 4.90 Å². The van der Waals surface area contributed by atoms with Crippen LogP contribution in [0, 0.1) is 6.92 Å². The van der Waals surface area contributed by atoms with Crippen molar-refractivity contribution in [2.45, 2.75) is 19.9 Å². The second kappa shape index (κ2) is 5.00. The molecule has 1 unspecified atom stereocenters. The van der Waals surface area contributed by atoms with Crippen LogP contribution in [-0.2, 0) is 0 Å². The summed E-state index contributed by atoms with van der Waals surface area (Å²) in [6, 6.07) is 5.20. The summed E-state index contributed by atoms with van der Waals surface area (Å²) in [5, 5.41) is 9.35. The van der Waals surface area contributed by atoms with E-state index in [1.165, 1.54) is 0 Å². The molecule has 3 nitrogen and oxygen atoms in total. The number of aromatic hydroxyl groups is 1. The van der Waals surface area contributed by atoms with Gasteiger partial charge in [-0.05, 0) is 37.6 Å². The molecule has 0 bridgehead atoms. The van der Waals surface area contributed by atoms with Crippen LogP contribution in [0.25, 0.3) is 0 Å². The zero-order valence-electron chi connectivity index (χ0n) is 10.1. The Morgan fingerprint density at radius 3 is 2.94 bits per heavy atom. The van der Waals surface area contributed by atoms with E-state index in [2.05, 4.69) is 6.92 Å². The number of rotatable bonds is 1. The molecule has 1 aromatic carbocycles.